The van der Waals surface area contributed by atoms with Gasteiger partial charge in [0.1, 0.15) is 0 Å². The predicted molar refractivity (Wildman–Crippen MR) is 76.0 cm³/mol. The average Bonchev–Trinajstić information content (AvgIpc) is 2.37. The van der Waals surface area contributed by atoms with Crippen LogP contribution >= 0.6 is 15.9 Å². The molecule has 1 aromatic rings. The Morgan fingerprint density at radius 3 is 2.67 bits per heavy atom. The van der Waals surface area contributed by atoms with E-state index in [2.05, 4.69) is 21.2 Å². The van der Waals surface area contributed by atoms with Crippen LogP contribution in [0.4, 0.5) is 5.69 Å². The number of anilines is 1. The molecule has 0 heterocycles. The monoisotopic (exact) mass is 317 g/mol. The van der Waals surface area contributed by atoms with Crippen molar-refractivity contribution in [1.82, 2.24) is 0 Å². The summed E-state index contributed by atoms with van der Waals surface area (Å²) in [4.78, 5) is 0. The van der Waals surface area contributed by atoms with E-state index in [9.17, 15) is 0 Å². The lowest BCUT2D eigenvalue weighted by atomic mass is 10.2. The van der Waals surface area contributed by atoms with E-state index in [1.165, 1.54) is 0 Å². The number of methoxy groups -OCH3 is 2. The molecule has 0 aromatic heterocycles. The quantitative estimate of drug-likeness (QED) is 0.711. The molecule has 5 heteroatoms. The lowest BCUT2D eigenvalue weighted by molar-refractivity contribution is 0.0759. The second-order valence-electron chi connectivity index (χ2n) is 3.73. The zero-order chi connectivity index (χ0) is 13.2. The third-order valence-corrected chi connectivity index (χ3v) is 3.14. The van der Waals surface area contributed by atoms with Crippen molar-refractivity contribution in [1.29, 1.82) is 0 Å². The van der Waals surface area contributed by atoms with Gasteiger partial charge in [-0.15, -0.1) is 0 Å². The first-order valence-corrected chi connectivity index (χ1v) is 6.65. The molecule has 18 heavy (non-hydrogen) atoms. The highest BCUT2D eigenvalue weighted by molar-refractivity contribution is 9.10. The predicted octanol–water partition coefficient (Wildman–Crippen LogP) is 2.67. The summed E-state index contributed by atoms with van der Waals surface area (Å²) in [6.45, 7) is 3.25. The van der Waals surface area contributed by atoms with Crippen LogP contribution < -0.4 is 5.32 Å². The Balaban J connectivity index is 2.39. The zero-order valence-corrected chi connectivity index (χ0v) is 12.5. The number of benzene rings is 1. The van der Waals surface area contributed by atoms with Gasteiger partial charge in [-0.25, -0.2) is 0 Å². The molecule has 1 rings (SSSR count). The molecule has 0 spiro atoms. The van der Waals surface area contributed by atoms with E-state index in [4.69, 9.17) is 14.2 Å². The molecule has 102 valence electrons. The first-order valence-electron chi connectivity index (χ1n) is 5.86. The Morgan fingerprint density at radius 2 is 1.94 bits per heavy atom. The highest BCUT2D eigenvalue weighted by Gasteiger charge is 2.05. The molecule has 0 saturated heterocycles. The van der Waals surface area contributed by atoms with Gasteiger partial charge in [-0.05, 0) is 12.1 Å². The van der Waals surface area contributed by atoms with E-state index in [1.54, 1.807) is 14.2 Å². The van der Waals surface area contributed by atoms with Crippen LogP contribution in [0.1, 0.15) is 5.56 Å². The fourth-order valence-corrected chi connectivity index (χ4v) is 2.00. The minimum atomic E-state index is 0.578. The molecular formula is C13H20BrNO3. The first-order chi connectivity index (χ1) is 8.79. The second kappa shape index (κ2) is 9.33. The SMILES string of the molecule is COCCOCCNc1cccc(Br)c1COC. The third-order valence-electron chi connectivity index (χ3n) is 2.40. The maximum absolute atomic E-state index is 5.40. The largest absolute Gasteiger partial charge is 0.382 e. The molecule has 0 aliphatic rings. The van der Waals surface area contributed by atoms with Gasteiger partial charge in [0, 0.05) is 36.5 Å². The van der Waals surface area contributed by atoms with Crippen LogP contribution in [0.3, 0.4) is 0 Å². The van der Waals surface area contributed by atoms with Crippen molar-refractivity contribution in [2.45, 2.75) is 6.61 Å². The zero-order valence-electron chi connectivity index (χ0n) is 10.9. The molecule has 0 bridgehead atoms. The molecule has 0 amide bonds. The molecule has 0 unspecified atom stereocenters. The standard InChI is InChI=1S/C13H20BrNO3/c1-16-8-9-18-7-6-15-13-5-3-4-12(14)11(13)10-17-2/h3-5,15H,6-10H2,1-2H3. The molecular weight excluding hydrogens is 298 g/mol. The van der Waals surface area contributed by atoms with E-state index in [0.717, 1.165) is 22.3 Å². The van der Waals surface area contributed by atoms with Gasteiger partial charge in [0.25, 0.3) is 0 Å². The summed E-state index contributed by atoms with van der Waals surface area (Å²) in [5, 5.41) is 3.34. The number of hydrogen-bond donors (Lipinski definition) is 1. The molecule has 1 N–H and O–H groups in total. The summed E-state index contributed by atoms with van der Waals surface area (Å²) in [6.07, 6.45) is 0. The Labute approximate surface area is 117 Å². The maximum Gasteiger partial charge on any atom is 0.0744 e. The Hall–Kier alpha value is -0.620. The van der Waals surface area contributed by atoms with E-state index < -0.39 is 0 Å². The first kappa shape index (κ1) is 15.4. The van der Waals surface area contributed by atoms with Crippen LogP contribution in [0.15, 0.2) is 22.7 Å². The lowest BCUT2D eigenvalue weighted by Crippen LogP contribution is -2.13. The second-order valence-corrected chi connectivity index (χ2v) is 4.59. The summed E-state index contributed by atoms with van der Waals surface area (Å²) in [5.74, 6) is 0. The summed E-state index contributed by atoms with van der Waals surface area (Å²) in [7, 11) is 3.36. The van der Waals surface area contributed by atoms with Crippen LogP contribution in [0, 0.1) is 0 Å². The van der Waals surface area contributed by atoms with Crippen LogP contribution in [0.2, 0.25) is 0 Å². The van der Waals surface area contributed by atoms with Gasteiger partial charge in [-0.1, -0.05) is 22.0 Å². The summed E-state index contributed by atoms with van der Waals surface area (Å²) in [6, 6.07) is 6.04. The highest BCUT2D eigenvalue weighted by atomic mass is 79.9. The molecule has 4 nitrogen and oxygen atoms in total. The van der Waals surface area contributed by atoms with Gasteiger partial charge in [0.05, 0.1) is 26.4 Å². The van der Waals surface area contributed by atoms with Crippen LogP contribution in [0.5, 0.6) is 0 Å². The van der Waals surface area contributed by atoms with Crippen LogP contribution in [-0.2, 0) is 20.8 Å². The fourth-order valence-electron chi connectivity index (χ4n) is 1.52. The van der Waals surface area contributed by atoms with Crippen molar-refractivity contribution in [3.8, 4) is 0 Å². The molecule has 0 aliphatic heterocycles. The smallest absolute Gasteiger partial charge is 0.0744 e. The van der Waals surface area contributed by atoms with Gasteiger partial charge in [-0.3, -0.25) is 0 Å². The molecule has 0 radical (unpaired) electrons. The Kier molecular flexibility index (Phi) is 8.00. The number of ether oxygens (including phenoxy) is 3. The summed E-state index contributed by atoms with van der Waals surface area (Å²) >= 11 is 3.52. The van der Waals surface area contributed by atoms with Gasteiger partial charge >= 0.3 is 0 Å². The summed E-state index contributed by atoms with van der Waals surface area (Å²) in [5.41, 5.74) is 2.19. The van der Waals surface area contributed by atoms with E-state index in [1.807, 2.05) is 18.2 Å². The Morgan fingerprint density at radius 1 is 1.11 bits per heavy atom. The number of halogens is 1. The Bertz CT molecular complexity index is 347. The van der Waals surface area contributed by atoms with Crippen LogP contribution in [0.25, 0.3) is 0 Å². The number of nitrogens with one attached hydrogen (secondary N) is 1. The van der Waals surface area contributed by atoms with Crippen molar-refractivity contribution in [2.24, 2.45) is 0 Å². The maximum atomic E-state index is 5.40. The van der Waals surface area contributed by atoms with E-state index in [-0.39, 0.29) is 0 Å². The van der Waals surface area contributed by atoms with Crippen molar-refractivity contribution in [2.75, 3.05) is 45.9 Å². The van der Waals surface area contributed by atoms with Gasteiger partial charge < -0.3 is 19.5 Å². The topological polar surface area (TPSA) is 39.7 Å². The van der Waals surface area contributed by atoms with Crippen molar-refractivity contribution in [3.05, 3.63) is 28.2 Å². The third kappa shape index (κ3) is 5.35. The van der Waals surface area contributed by atoms with Crippen LogP contribution in [-0.4, -0.2) is 40.6 Å². The van der Waals surface area contributed by atoms with Gasteiger partial charge in [0.2, 0.25) is 0 Å². The molecule has 0 saturated carbocycles. The minimum absolute atomic E-state index is 0.578. The fraction of sp³-hybridized carbons (Fsp3) is 0.538. The van der Waals surface area contributed by atoms with Gasteiger partial charge in [-0.2, -0.15) is 0 Å². The van der Waals surface area contributed by atoms with Gasteiger partial charge in [0.15, 0.2) is 0 Å². The van der Waals surface area contributed by atoms with Crippen molar-refractivity contribution >= 4 is 21.6 Å². The van der Waals surface area contributed by atoms with E-state index in [0.29, 0.717) is 26.4 Å². The molecule has 0 atom stereocenters. The molecule has 0 aliphatic carbocycles. The number of rotatable bonds is 9. The molecule has 1 aromatic carbocycles. The average molecular weight is 318 g/mol. The number of hydrogen-bond acceptors (Lipinski definition) is 4. The highest BCUT2D eigenvalue weighted by Crippen LogP contribution is 2.25. The van der Waals surface area contributed by atoms with Crippen molar-refractivity contribution < 1.29 is 14.2 Å². The normalized spacial score (nSPS) is 10.6. The molecule has 0 fully saturated rings. The van der Waals surface area contributed by atoms with Crippen molar-refractivity contribution in [3.63, 3.8) is 0 Å². The minimum Gasteiger partial charge on any atom is -0.382 e. The van der Waals surface area contributed by atoms with E-state index >= 15 is 0 Å². The lowest BCUT2D eigenvalue weighted by Gasteiger charge is -2.13. The summed E-state index contributed by atoms with van der Waals surface area (Å²) < 4.78 is 16.5.